The fraction of sp³-hybridized carbons (Fsp3) is 0. The molecule has 0 saturated carbocycles. The molecule has 0 aliphatic rings. The summed E-state index contributed by atoms with van der Waals surface area (Å²) in [6.07, 6.45) is 2.88. The number of nitrogens with zero attached hydrogens (tertiary/aromatic N) is 2. The van der Waals surface area contributed by atoms with Crippen LogP contribution in [0.4, 0.5) is 0 Å². The molecule has 0 fully saturated rings. The van der Waals surface area contributed by atoms with Gasteiger partial charge in [-0.3, -0.25) is 0 Å². The van der Waals surface area contributed by atoms with E-state index in [0.717, 1.165) is 0 Å². The molecule has 115 valence electrons. The van der Waals surface area contributed by atoms with Gasteiger partial charge in [0, 0.05) is 29.5 Å². The molecule has 0 aliphatic carbocycles. The van der Waals surface area contributed by atoms with Crippen molar-refractivity contribution in [2.75, 3.05) is 0 Å². The number of rotatable bonds is 2. The number of aromatic carboxylic acids is 2. The summed E-state index contributed by atoms with van der Waals surface area (Å²) in [7, 11) is 0. The molecule has 2 rings (SSSR count). The minimum absolute atomic E-state index is 0. The second-order valence-corrected chi connectivity index (χ2v) is 4.01. The van der Waals surface area contributed by atoms with Crippen LogP contribution in [-0.4, -0.2) is 32.1 Å². The average molecular weight is 379 g/mol. The van der Waals surface area contributed by atoms with Gasteiger partial charge in [0.25, 0.3) is 0 Å². The molecule has 0 amide bonds. The smallest absolute Gasteiger partial charge is 0.338 e. The van der Waals surface area contributed by atoms with E-state index in [-0.39, 0.29) is 38.5 Å². The topological polar surface area (TPSA) is 100 Å². The molecule has 0 atom stereocenters. The third kappa shape index (κ3) is 6.10. The quantitative estimate of drug-likeness (QED) is 0.615. The van der Waals surface area contributed by atoms with Crippen LogP contribution in [-0.2, 0) is 17.1 Å². The van der Waals surface area contributed by atoms with Crippen LogP contribution >= 0.6 is 23.2 Å². The van der Waals surface area contributed by atoms with Crippen molar-refractivity contribution >= 4 is 35.1 Å². The predicted octanol–water partition coefficient (Wildman–Crippen LogP) is 2.86. The molecule has 0 unspecified atom stereocenters. The first-order valence-corrected chi connectivity index (χ1v) is 5.86. The van der Waals surface area contributed by atoms with Gasteiger partial charge in [-0.05, 0) is 24.3 Å². The number of carboxylic acids is 2. The van der Waals surface area contributed by atoms with E-state index in [4.69, 9.17) is 33.4 Å². The summed E-state index contributed by atoms with van der Waals surface area (Å²) in [4.78, 5) is 27.8. The van der Waals surface area contributed by atoms with Crippen LogP contribution in [0, 0.1) is 0 Å². The average Bonchev–Trinajstić information content (AvgIpc) is 2.40. The fourth-order valence-corrected chi connectivity index (χ4v) is 1.49. The maximum Gasteiger partial charge on any atom is 0.338 e. The van der Waals surface area contributed by atoms with Crippen LogP contribution in [0.25, 0.3) is 0 Å². The predicted molar refractivity (Wildman–Crippen MR) is 72.4 cm³/mol. The SMILES string of the molecule is O=C(O)c1cccnc1Cl.O=C(O)c1cccnc1Cl.[Cu]. The number of carbonyl (C=O) groups is 2. The molecule has 0 bridgehead atoms. The molecule has 2 N–H and O–H groups in total. The van der Waals surface area contributed by atoms with Gasteiger partial charge in [-0.25, -0.2) is 19.6 Å². The van der Waals surface area contributed by atoms with Crippen molar-refractivity contribution in [3.8, 4) is 0 Å². The van der Waals surface area contributed by atoms with Crippen LogP contribution in [0.15, 0.2) is 36.7 Å². The van der Waals surface area contributed by atoms with E-state index in [1.165, 1.54) is 36.7 Å². The number of hydrogen-bond donors (Lipinski definition) is 2. The van der Waals surface area contributed by atoms with Gasteiger partial charge in [0.15, 0.2) is 0 Å². The van der Waals surface area contributed by atoms with Crippen molar-refractivity contribution in [3.05, 3.63) is 58.1 Å². The molecule has 6 nitrogen and oxygen atoms in total. The Morgan fingerprint density at radius 3 is 1.38 bits per heavy atom. The summed E-state index contributed by atoms with van der Waals surface area (Å²) in [5, 5.41) is 16.9. The molecule has 0 aliphatic heterocycles. The Morgan fingerprint density at radius 1 is 0.857 bits per heavy atom. The third-order valence-electron chi connectivity index (χ3n) is 1.98. The van der Waals surface area contributed by atoms with E-state index < -0.39 is 11.9 Å². The van der Waals surface area contributed by atoms with Crippen molar-refractivity contribution in [2.24, 2.45) is 0 Å². The number of hydrogen-bond acceptors (Lipinski definition) is 4. The fourth-order valence-electron chi connectivity index (χ4n) is 1.09. The van der Waals surface area contributed by atoms with Gasteiger partial charge in [0.2, 0.25) is 0 Å². The first-order chi connectivity index (χ1) is 9.43. The van der Waals surface area contributed by atoms with E-state index in [2.05, 4.69) is 9.97 Å². The van der Waals surface area contributed by atoms with E-state index in [1.54, 1.807) is 0 Å². The molecule has 9 heteroatoms. The van der Waals surface area contributed by atoms with E-state index >= 15 is 0 Å². The van der Waals surface area contributed by atoms with E-state index in [9.17, 15) is 9.59 Å². The number of carboxylic acid groups (broad SMARTS) is 2. The van der Waals surface area contributed by atoms with Crippen LogP contribution in [0.2, 0.25) is 10.3 Å². The Balaban J connectivity index is 0.000000364. The van der Waals surface area contributed by atoms with Crippen molar-refractivity contribution in [1.82, 2.24) is 9.97 Å². The molecule has 0 spiro atoms. The Bertz CT molecular complexity index is 585. The molecule has 2 aromatic rings. The molecular weight excluding hydrogens is 371 g/mol. The molecule has 1 radical (unpaired) electrons. The summed E-state index contributed by atoms with van der Waals surface area (Å²) < 4.78 is 0. The van der Waals surface area contributed by atoms with Crippen molar-refractivity contribution in [3.63, 3.8) is 0 Å². The van der Waals surface area contributed by atoms with Crippen LogP contribution in [0.1, 0.15) is 20.7 Å². The number of aromatic nitrogens is 2. The Morgan fingerprint density at radius 2 is 1.19 bits per heavy atom. The first kappa shape index (κ1) is 19.3. The van der Waals surface area contributed by atoms with Crippen molar-refractivity contribution < 1.29 is 36.9 Å². The Hall–Kier alpha value is -1.66. The van der Waals surface area contributed by atoms with Gasteiger partial charge in [0.1, 0.15) is 10.3 Å². The summed E-state index contributed by atoms with van der Waals surface area (Å²) >= 11 is 10.9. The molecule has 0 aromatic carbocycles. The first-order valence-electron chi connectivity index (χ1n) is 5.11. The largest absolute Gasteiger partial charge is 0.478 e. The van der Waals surface area contributed by atoms with Gasteiger partial charge in [-0.1, -0.05) is 23.2 Å². The summed E-state index contributed by atoms with van der Waals surface area (Å²) in [6, 6.07) is 5.85. The van der Waals surface area contributed by atoms with Gasteiger partial charge in [-0.15, -0.1) is 0 Å². The van der Waals surface area contributed by atoms with Gasteiger partial charge < -0.3 is 10.2 Å². The standard InChI is InChI=1S/2C6H4ClNO2.Cu/c2*7-5-4(6(9)10)2-1-3-8-5;/h2*1-3H,(H,9,10);. The monoisotopic (exact) mass is 377 g/mol. The normalized spacial score (nSPS) is 8.86. The summed E-state index contributed by atoms with van der Waals surface area (Å²) in [6.45, 7) is 0. The number of pyridine rings is 2. The van der Waals surface area contributed by atoms with Crippen molar-refractivity contribution in [1.29, 1.82) is 0 Å². The molecular formula is C12H8Cl2CuN2O4. The van der Waals surface area contributed by atoms with E-state index in [1.807, 2.05) is 0 Å². The van der Waals surface area contributed by atoms with E-state index in [0.29, 0.717) is 0 Å². The Labute approximate surface area is 140 Å². The summed E-state index contributed by atoms with van der Waals surface area (Å²) in [5.41, 5.74) is 0.0633. The van der Waals surface area contributed by atoms with Gasteiger partial charge in [-0.2, -0.15) is 0 Å². The molecule has 21 heavy (non-hydrogen) atoms. The van der Waals surface area contributed by atoms with Gasteiger partial charge >= 0.3 is 11.9 Å². The molecule has 2 heterocycles. The van der Waals surface area contributed by atoms with Crippen LogP contribution in [0.3, 0.4) is 0 Å². The maximum absolute atomic E-state index is 10.3. The minimum atomic E-state index is -1.06. The minimum Gasteiger partial charge on any atom is -0.478 e. The zero-order valence-electron chi connectivity index (χ0n) is 10.1. The molecule has 2 aromatic heterocycles. The Kier molecular flexibility index (Phi) is 8.57. The van der Waals surface area contributed by atoms with Crippen LogP contribution < -0.4 is 0 Å². The van der Waals surface area contributed by atoms with Crippen molar-refractivity contribution in [2.45, 2.75) is 0 Å². The third-order valence-corrected chi connectivity index (χ3v) is 2.58. The van der Waals surface area contributed by atoms with Gasteiger partial charge in [0.05, 0.1) is 11.1 Å². The number of halogens is 2. The zero-order valence-corrected chi connectivity index (χ0v) is 12.6. The molecule has 0 saturated heterocycles. The van der Waals surface area contributed by atoms with Crippen LogP contribution in [0.5, 0.6) is 0 Å². The summed E-state index contributed by atoms with van der Waals surface area (Å²) in [5.74, 6) is -2.11. The second kappa shape index (κ2) is 9.31. The zero-order chi connectivity index (χ0) is 15.1. The second-order valence-electron chi connectivity index (χ2n) is 3.29. The maximum atomic E-state index is 10.3.